The van der Waals surface area contributed by atoms with E-state index in [0.29, 0.717) is 6.42 Å². The van der Waals surface area contributed by atoms with E-state index in [0.717, 1.165) is 29.1 Å². The quantitative estimate of drug-likeness (QED) is 0.890. The SMILES string of the molecule is CCCc1ccc(C(O)Cc2nc(C)cs2)cc1. The van der Waals surface area contributed by atoms with Gasteiger partial charge in [0.1, 0.15) is 0 Å². The van der Waals surface area contributed by atoms with Gasteiger partial charge in [0.2, 0.25) is 0 Å². The van der Waals surface area contributed by atoms with Crippen molar-refractivity contribution >= 4 is 11.3 Å². The van der Waals surface area contributed by atoms with Gasteiger partial charge in [-0.3, -0.25) is 0 Å². The molecule has 18 heavy (non-hydrogen) atoms. The third-order valence-corrected chi connectivity index (χ3v) is 3.93. The Morgan fingerprint density at radius 3 is 2.56 bits per heavy atom. The van der Waals surface area contributed by atoms with E-state index in [1.807, 2.05) is 24.4 Å². The molecule has 0 saturated heterocycles. The smallest absolute Gasteiger partial charge is 0.0957 e. The van der Waals surface area contributed by atoms with Gasteiger partial charge >= 0.3 is 0 Å². The monoisotopic (exact) mass is 261 g/mol. The molecule has 0 saturated carbocycles. The highest BCUT2D eigenvalue weighted by Crippen LogP contribution is 2.21. The van der Waals surface area contributed by atoms with Crippen LogP contribution in [0.15, 0.2) is 29.6 Å². The minimum absolute atomic E-state index is 0.453. The second-order valence-corrected chi connectivity index (χ2v) is 5.54. The Balaban J connectivity index is 2.02. The third-order valence-electron chi connectivity index (χ3n) is 2.94. The fourth-order valence-corrected chi connectivity index (χ4v) is 2.78. The van der Waals surface area contributed by atoms with Crippen LogP contribution in [0.3, 0.4) is 0 Å². The number of aliphatic hydroxyl groups excluding tert-OH is 1. The molecule has 96 valence electrons. The summed E-state index contributed by atoms with van der Waals surface area (Å²) in [4.78, 5) is 4.38. The predicted octanol–water partition coefficient (Wildman–Crippen LogP) is 3.68. The number of hydrogen-bond acceptors (Lipinski definition) is 3. The first-order valence-corrected chi connectivity index (χ1v) is 7.25. The van der Waals surface area contributed by atoms with Crippen LogP contribution in [-0.4, -0.2) is 10.1 Å². The van der Waals surface area contributed by atoms with Gasteiger partial charge < -0.3 is 5.11 Å². The number of nitrogens with zero attached hydrogens (tertiary/aromatic N) is 1. The minimum atomic E-state index is -0.453. The summed E-state index contributed by atoms with van der Waals surface area (Å²) in [7, 11) is 0. The van der Waals surface area contributed by atoms with Crippen LogP contribution in [0.4, 0.5) is 0 Å². The zero-order valence-corrected chi connectivity index (χ0v) is 11.7. The average Bonchev–Trinajstić information content (AvgIpc) is 2.76. The van der Waals surface area contributed by atoms with Gasteiger partial charge in [-0.15, -0.1) is 11.3 Å². The van der Waals surface area contributed by atoms with E-state index in [1.165, 1.54) is 5.56 Å². The van der Waals surface area contributed by atoms with Gasteiger partial charge in [-0.2, -0.15) is 0 Å². The van der Waals surface area contributed by atoms with Crippen LogP contribution < -0.4 is 0 Å². The Kier molecular flexibility index (Phi) is 4.50. The maximum Gasteiger partial charge on any atom is 0.0957 e. The lowest BCUT2D eigenvalue weighted by Gasteiger charge is -2.10. The highest BCUT2D eigenvalue weighted by molar-refractivity contribution is 7.09. The normalized spacial score (nSPS) is 12.6. The Morgan fingerprint density at radius 2 is 2.00 bits per heavy atom. The summed E-state index contributed by atoms with van der Waals surface area (Å²) in [6.07, 6.45) is 2.40. The molecule has 3 heteroatoms. The molecule has 0 bridgehead atoms. The van der Waals surface area contributed by atoms with E-state index in [-0.39, 0.29) is 0 Å². The van der Waals surface area contributed by atoms with E-state index in [1.54, 1.807) is 11.3 Å². The number of benzene rings is 1. The van der Waals surface area contributed by atoms with Crippen molar-refractivity contribution in [2.75, 3.05) is 0 Å². The molecule has 1 N–H and O–H groups in total. The summed E-state index contributed by atoms with van der Waals surface area (Å²) in [6, 6.07) is 8.26. The molecule has 0 fully saturated rings. The van der Waals surface area contributed by atoms with Crippen LogP contribution >= 0.6 is 11.3 Å². The van der Waals surface area contributed by atoms with Crippen molar-refractivity contribution in [3.8, 4) is 0 Å². The molecule has 1 aromatic carbocycles. The lowest BCUT2D eigenvalue weighted by atomic mass is 10.0. The van der Waals surface area contributed by atoms with Gasteiger partial charge in [0.25, 0.3) is 0 Å². The summed E-state index contributed by atoms with van der Waals surface area (Å²) in [5.41, 5.74) is 3.33. The van der Waals surface area contributed by atoms with Crippen LogP contribution in [0.5, 0.6) is 0 Å². The number of rotatable bonds is 5. The maximum atomic E-state index is 10.2. The molecule has 1 heterocycles. The highest BCUT2D eigenvalue weighted by Gasteiger charge is 2.10. The third kappa shape index (κ3) is 3.40. The van der Waals surface area contributed by atoms with Gasteiger partial charge in [0.05, 0.1) is 11.1 Å². The first kappa shape index (κ1) is 13.2. The molecular weight excluding hydrogens is 242 g/mol. The van der Waals surface area contributed by atoms with Gasteiger partial charge in [0, 0.05) is 17.5 Å². The molecule has 2 nitrogen and oxygen atoms in total. The summed E-state index contributed by atoms with van der Waals surface area (Å²) in [5.74, 6) is 0. The Morgan fingerprint density at radius 1 is 1.28 bits per heavy atom. The molecule has 0 aliphatic carbocycles. The minimum Gasteiger partial charge on any atom is -0.388 e. The number of hydrogen-bond donors (Lipinski definition) is 1. The molecular formula is C15H19NOS. The number of aromatic nitrogens is 1. The zero-order chi connectivity index (χ0) is 13.0. The first-order valence-electron chi connectivity index (χ1n) is 6.37. The molecule has 1 atom stereocenters. The Labute approximate surface area is 112 Å². The largest absolute Gasteiger partial charge is 0.388 e. The van der Waals surface area contributed by atoms with Crippen LogP contribution in [-0.2, 0) is 12.8 Å². The summed E-state index contributed by atoms with van der Waals surface area (Å²) < 4.78 is 0. The standard InChI is InChI=1S/C15H19NOS/c1-3-4-12-5-7-13(8-6-12)14(17)9-15-16-11(2)10-18-15/h5-8,10,14,17H,3-4,9H2,1-2H3. The van der Waals surface area contributed by atoms with Gasteiger partial charge in [-0.05, 0) is 24.5 Å². The number of aliphatic hydroxyl groups is 1. The van der Waals surface area contributed by atoms with Crippen molar-refractivity contribution in [2.24, 2.45) is 0 Å². The first-order chi connectivity index (χ1) is 8.69. The van der Waals surface area contributed by atoms with Gasteiger partial charge in [-0.25, -0.2) is 4.98 Å². The van der Waals surface area contributed by atoms with E-state index in [9.17, 15) is 5.11 Å². The van der Waals surface area contributed by atoms with Crippen LogP contribution in [0.1, 0.15) is 41.3 Å². The Hall–Kier alpha value is -1.19. The average molecular weight is 261 g/mol. The lowest BCUT2D eigenvalue weighted by molar-refractivity contribution is 0.178. The summed E-state index contributed by atoms with van der Waals surface area (Å²) in [6.45, 7) is 4.15. The maximum absolute atomic E-state index is 10.2. The van der Waals surface area contributed by atoms with Crippen molar-refractivity contribution in [1.82, 2.24) is 4.98 Å². The molecule has 2 aromatic rings. The fraction of sp³-hybridized carbons (Fsp3) is 0.400. The van der Waals surface area contributed by atoms with E-state index >= 15 is 0 Å². The van der Waals surface area contributed by atoms with Crippen molar-refractivity contribution in [2.45, 2.75) is 39.2 Å². The molecule has 1 unspecified atom stereocenters. The number of thiazole rings is 1. The molecule has 0 radical (unpaired) electrons. The molecule has 0 aliphatic heterocycles. The van der Waals surface area contributed by atoms with E-state index in [2.05, 4.69) is 24.0 Å². The van der Waals surface area contributed by atoms with Crippen molar-refractivity contribution < 1.29 is 5.11 Å². The highest BCUT2D eigenvalue weighted by atomic mass is 32.1. The summed E-state index contributed by atoms with van der Waals surface area (Å²) in [5, 5.41) is 13.2. The van der Waals surface area contributed by atoms with Crippen LogP contribution in [0, 0.1) is 6.92 Å². The summed E-state index contributed by atoms with van der Waals surface area (Å²) >= 11 is 1.61. The van der Waals surface area contributed by atoms with E-state index < -0.39 is 6.10 Å². The molecule has 0 amide bonds. The fourth-order valence-electron chi connectivity index (χ4n) is 1.97. The second-order valence-electron chi connectivity index (χ2n) is 4.59. The zero-order valence-electron chi connectivity index (χ0n) is 10.9. The van der Waals surface area contributed by atoms with Crippen molar-refractivity contribution in [1.29, 1.82) is 0 Å². The van der Waals surface area contributed by atoms with Gasteiger partial charge in [-0.1, -0.05) is 37.6 Å². The van der Waals surface area contributed by atoms with Crippen molar-refractivity contribution in [3.05, 3.63) is 51.5 Å². The molecule has 0 aliphatic rings. The van der Waals surface area contributed by atoms with Crippen molar-refractivity contribution in [3.63, 3.8) is 0 Å². The molecule has 2 rings (SSSR count). The van der Waals surface area contributed by atoms with Crippen LogP contribution in [0.2, 0.25) is 0 Å². The molecule has 0 spiro atoms. The van der Waals surface area contributed by atoms with Crippen LogP contribution in [0.25, 0.3) is 0 Å². The molecule has 1 aromatic heterocycles. The predicted molar refractivity (Wildman–Crippen MR) is 76.0 cm³/mol. The second kappa shape index (κ2) is 6.12. The lowest BCUT2D eigenvalue weighted by Crippen LogP contribution is -2.01. The van der Waals surface area contributed by atoms with E-state index in [4.69, 9.17) is 0 Å². The number of aryl methyl sites for hydroxylation is 2. The Bertz CT molecular complexity index is 489. The van der Waals surface area contributed by atoms with Gasteiger partial charge in [0.15, 0.2) is 0 Å². The topological polar surface area (TPSA) is 33.1 Å².